The predicted molar refractivity (Wildman–Crippen MR) is 111 cm³/mol. The molecule has 0 bridgehead atoms. The fraction of sp³-hybridized carbons (Fsp3) is 0.556. The van der Waals surface area contributed by atoms with Crippen LogP contribution in [0.4, 0.5) is 11.8 Å². The van der Waals surface area contributed by atoms with Crippen LogP contribution in [0, 0.1) is 0 Å². The number of nitrogens with zero attached hydrogens (tertiary/aromatic N) is 3. The molecular weight excluding hydrogens is 448 g/mol. The SMILES string of the molecule is O=[S@]1CCc2nc(N3CCc4c(Br)csc4C3)nc(NC3(CO)CCC3)c21. The van der Waals surface area contributed by atoms with Crippen molar-refractivity contribution in [3.8, 4) is 0 Å². The fourth-order valence-electron chi connectivity index (χ4n) is 4.05. The molecule has 27 heavy (non-hydrogen) atoms. The zero-order valence-corrected chi connectivity index (χ0v) is 18.1. The molecule has 0 saturated heterocycles. The van der Waals surface area contributed by atoms with Gasteiger partial charge in [-0.3, -0.25) is 4.21 Å². The summed E-state index contributed by atoms with van der Waals surface area (Å²) in [5.74, 6) is 1.98. The Balaban J connectivity index is 1.51. The molecule has 1 atom stereocenters. The van der Waals surface area contributed by atoms with Gasteiger partial charge in [0.05, 0.1) is 35.2 Å². The van der Waals surface area contributed by atoms with E-state index in [1.807, 2.05) is 0 Å². The van der Waals surface area contributed by atoms with Crippen molar-refractivity contribution in [2.45, 2.75) is 49.1 Å². The van der Waals surface area contributed by atoms with Crippen molar-refractivity contribution < 1.29 is 9.32 Å². The third kappa shape index (κ3) is 3.03. The molecule has 0 aromatic carbocycles. The maximum Gasteiger partial charge on any atom is 0.227 e. The first kappa shape index (κ1) is 18.0. The lowest BCUT2D eigenvalue weighted by molar-refractivity contribution is 0.143. The van der Waals surface area contributed by atoms with Crippen LogP contribution in [0.5, 0.6) is 0 Å². The van der Waals surface area contributed by atoms with Gasteiger partial charge in [0.2, 0.25) is 5.95 Å². The number of fused-ring (bicyclic) bond motifs is 2. The van der Waals surface area contributed by atoms with Gasteiger partial charge in [0.15, 0.2) is 0 Å². The molecule has 0 unspecified atom stereocenters. The number of aliphatic hydroxyl groups is 1. The molecule has 0 spiro atoms. The highest BCUT2D eigenvalue weighted by Gasteiger charge is 2.39. The third-order valence-electron chi connectivity index (χ3n) is 5.85. The fourth-order valence-corrected chi connectivity index (χ4v) is 7.17. The topological polar surface area (TPSA) is 78.4 Å². The second kappa shape index (κ2) is 6.79. The first-order valence-electron chi connectivity index (χ1n) is 9.26. The number of hydrogen-bond donors (Lipinski definition) is 2. The number of nitrogens with one attached hydrogen (secondary N) is 1. The smallest absolute Gasteiger partial charge is 0.227 e. The molecule has 2 aromatic heterocycles. The molecule has 2 aliphatic heterocycles. The Morgan fingerprint density at radius 3 is 2.96 bits per heavy atom. The molecule has 3 aliphatic rings. The van der Waals surface area contributed by atoms with E-state index in [0.717, 1.165) is 55.8 Å². The van der Waals surface area contributed by atoms with Crippen molar-refractivity contribution >= 4 is 49.8 Å². The van der Waals surface area contributed by atoms with E-state index >= 15 is 0 Å². The molecule has 1 aliphatic carbocycles. The highest BCUT2D eigenvalue weighted by molar-refractivity contribution is 9.10. The average Bonchev–Trinajstić information content (AvgIpc) is 3.21. The van der Waals surface area contributed by atoms with E-state index in [1.54, 1.807) is 11.3 Å². The Kier molecular flexibility index (Phi) is 4.53. The summed E-state index contributed by atoms with van der Waals surface area (Å²) in [6.07, 6.45) is 4.62. The molecule has 1 fully saturated rings. The largest absolute Gasteiger partial charge is 0.394 e. The van der Waals surface area contributed by atoms with Crippen molar-refractivity contribution in [1.29, 1.82) is 0 Å². The second-order valence-electron chi connectivity index (χ2n) is 7.52. The van der Waals surface area contributed by atoms with E-state index in [0.29, 0.717) is 17.5 Å². The monoisotopic (exact) mass is 468 g/mol. The number of thiophene rings is 1. The molecule has 1 saturated carbocycles. The molecule has 5 rings (SSSR count). The van der Waals surface area contributed by atoms with Gasteiger partial charge in [-0.05, 0) is 47.2 Å². The summed E-state index contributed by atoms with van der Waals surface area (Å²) in [6, 6.07) is 0. The van der Waals surface area contributed by atoms with Crippen molar-refractivity contribution in [2.24, 2.45) is 0 Å². The molecule has 2 N–H and O–H groups in total. The van der Waals surface area contributed by atoms with Gasteiger partial charge in [-0.25, -0.2) is 4.98 Å². The highest BCUT2D eigenvalue weighted by Crippen LogP contribution is 2.39. The van der Waals surface area contributed by atoms with Crippen LogP contribution in [0.2, 0.25) is 0 Å². The molecule has 9 heteroatoms. The second-order valence-corrected chi connectivity index (χ2v) is 10.8. The summed E-state index contributed by atoms with van der Waals surface area (Å²) >= 11 is 5.40. The van der Waals surface area contributed by atoms with Gasteiger partial charge in [0.1, 0.15) is 10.7 Å². The average molecular weight is 469 g/mol. The predicted octanol–water partition coefficient (Wildman–Crippen LogP) is 2.85. The lowest BCUT2D eigenvalue weighted by Gasteiger charge is -2.41. The standard InChI is InChI=1S/C18H21BrN4O2S2/c19-12-9-26-14-8-23(6-2-11(12)14)17-20-13-3-7-27(25)15(13)16(21-17)22-18(10-24)4-1-5-18/h9,24H,1-8,10H2,(H,20,21,22)/t27-/m0/s1. The van der Waals surface area contributed by atoms with Crippen molar-refractivity contribution in [1.82, 2.24) is 9.97 Å². The van der Waals surface area contributed by atoms with E-state index in [9.17, 15) is 9.32 Å². The number of aromatic nitrogens is 2. The van der Waals surface area contributed by atoms with Crippen LogP contribution >= 0.6 is 27.3 Å². The molecule has 0 amide bonds. The van der Waals surface area contributed by atoms with Crippen LogP contribution in [0.25, 0.3) is 0 Å². The van der Waals surface area contributed by atoms with Crippen LogP contribution in [-0.4, -0.2) is 43.7 Å². The third-order valence-corrected chi connectivity index (χ3v) is 9.33. The van der Waals surface area contributed by atoms with E-state index < -0.39 is 10.8 Å². The van der Waals surface area contributed by atoms with Gasteiger partial charge in [-0.15, -0.1) is 11.3 Å². The maximum atomic E-state index is 12.5. The number of anilines is 2. The zero-order chi connectivity index (χ0) is 18.6. The summed E-state index contributed by atoms with van der Waals surface area (Å²) in [6.45, 7) is 1.75. The van der Waals surface area contributed by atoms with Crippen LogP contribution in [0.3, 0.4) is 0 Å². The summed E-state index contributed by atoms with van der Waals surface area (Å²) in [5, 5.41) is 15.4. The number of aliphatic hydroxyl groups excluding tert-OH is 1. The maximum absolute atomic E-state index is 12.5. The van der Waals surface area contributed by atoms with Gasteiger partial charge < -0.3 is 15.3 Å². The van der Waals surface area contributed by atoms with Crippen molar-refractivity contribution in [3.63, 3.8) is 0 Å². The molecule has 0 radical (unpaired) electrons. The molecule has 6 nitrogen and oxygen atoms in total. The van der Waals surface area contributed by atoms with Gasteiger partial charge >= 0.3 is 0 Å². The van der Waals surface area contributed by atoms with Crippen LogP contribution < -0.4 is 10.2 Å². The van der Waals surface area contributed by atoms with E-state index in [1.165, 1.54) is 14.9 Å². The normalized spacial score (nSPS) is 22.9. The Morgan fingerprint density at radius 2 is 2.22 bits per heavy atom. The van der Waals surface area contributed by atoms with Gasteiger partial charge in [0, 0.05) is 33.4 Å². The first-order chi connectivity index (χ1) is 13.1. The summed E-state index contributed by atoms with van der Waals surface area (Å²) in [4.78, 5) is 13.9. The minimum Gasteiger partial charge on any atom is -0.394 e. The molecule has 2 aromatic rings. The lowest BCUT2D eigenvalue weighted by atomic mass is 9.77. The quantitative estimate of drug-likeness (QED) is 0.717. The molecular formula is C18H21BrN4O2S2. The summed E-state index contributed by atoms with van der Waals surface area (Å²) < 4.78 is 13.7. The lowest BCUT2D eigenvalue weighted by Crippen LogP contribution is -2.48. The van der Waals surface area contributed by atoms with Crippen LogP contribution in [-0.2, 0) is 30.2 Å². The van der Waals surface area contributed by atoms with Crippen molar-refractivity contribution in [3.05, 3.63) is 26.0 Å². The zero-order valence-electron chi connectivity index (χ0n) is 14.8. The first-order valence-corrected chi connectivity index (χ1v) is 12.3. The van der Waals surface area contributed by atoms with Gasteiger partial charge in [-0.1, -0.05) is 0 Å². The molecule has 144 valence electrons. The highest BCUT2D eigenvalue weighted by atomic mass is 79.9. The number of rotatable bonds is 4. The number of hydrogen-bond acceptors (Lipinski definition) is 7. The van der Waals surface area contributed by atoms with Gasteiger partial charge in [0.25, 0.3) is 0 Å². The van der Waals surface area contributed by atoms with Crippen LogP contribution in [0.15, 0.2) is 14.7 Å². The van der Waals surface area contributed by atoms with Crippen molar-refractivity contribution in [2.75, 3.05) is 29.1 Å². The Labute approximate surface area is 173 Å². The Bertz CT molecular complexity index is 923. The minimum absolute atomic E-state index is 0.0735. The van der Waals surface area contributed by atoms with E-state index in [-0.39, 0.29) is 12.1 Å². The van der Waals surface area contributed by atoms with Gasteiger partial charge in [-0.2, -0.15) is 4.98 Å². The van der Waals surface area contributed by atoms with E-state index in [2.05, 4.69) is 31.5 Å². The summed E-state index contributed by atoms with van der Waals surface area (Å²) in [7, 11) is -1.06. The molecule has 4 heterocycles. The Morgan fingerprint density at radius 1 is 1.37 bits per heavy atom. The summed E-state index contributed by atoms with van der Waals surface area (Å²) in [5.41, 5.74) is 1.97. The van der Waals surface area contributed by atoms with Crippen LogP contribution in [0.1, 0.15) is 35.4 Å². The number of aryl methyl sites for hydroxylation is 1. The van der Waals surface area contributed by atoms with E-state index in [4.69, 9.17) is 9.97 Å². The number of halogens is 1. The Hall–Kier alpha value is -1.03. The minimum atomic E-state index is -1.06.